The molecule has 0 aliphatic carbocycles. The van der Waals surface area contributed by atoms with Crippen molar-refractivity contribution in [3.63, 3.8) is 0 Å². The summed E-state index contributed by atoms with van der Waals surface area (Å²) in [6, 6.07) is 5.23. The fraction of sp³-hybridized carbons (Fsp3) is 0.417. The molecule has 6 heteroatoms. The van der Waals surface area contributed by atoms with Crippen LogP contribution >= 0.6 is 0 Å². The van der Waals surface area contributed by atoms with Crippen LogP contribution in [0.3, 0.4) is 0 Å². The number of rotatable bonds is 6. The van der Waals surface area contributed by atoms with Crippen LogP contribution in [0.1, 0.15) is 23.7 Å². The highest BCUT2D eigenvalue weighted by atomic mass is 32.2. The molecule has 1 aromatic rings. The van der Waals surface area contributed by atoms with Crippen molar-refractivity contribution < 1.29 is 9.00 Å². The highest BCUT2D eigenvalue weighted by molar-refractivity contribution is 7.84. The Labute approximate surface area is 109 Å². The first-order valence-electron chi connectivity index (χ1n) is 5.66. The van der Waals surface area contributed by atoms with Crippen molar-refractivity contribution in [2.45, 2.75) is 19.4 Å². The van der Waals surface area contributed by atoms with Gasteiger partial charge in [0.15, 0.2) is 0 Å². The van der Waals surface area contributed by atoms with Crippen LogP contribution in [0.5, 0.6) is 0 Å². The van der Waals surface area contributed by atoms with Crippen LogP contribution in [0.2, 0.25) is 0 Å². The predicted octanol–water partition coefficient (Wildman–Crippen LogP) is 0.937. The summed E-state index contributed by atoms with van der Waals surface area (Å²) in [4.78, 5) is 11.1. The van der Waals surface area contributed by atoms with Crippen LogP contribution in [0.15, 0.2) is 18.2 Å². The molecule has 0 aromatic heterocycles. The lowest BCUT2D eigenvalue weighted by Gasteiger charge is -2.17. The van der Waals surface area contributed by atoms with E-state index in [4.69, 9.17) is 11.5 Å². The average Bonchev–Trinajstić information content (AvgIpc) is 2.29. The van der Waals surface area contributed by atoms with Gasteiger partial charge in [-0.15, -0.1) is 0 Å². The van der Waals surface area contributed by atoms with Gasteiger partial charge in [-0.05, 0) is 25.5 Å². The van der Waals surface area contributed by atoms with E-state index < -0.39 is 16.7 Å². The Bertz CT molecular complexity index is 463. The molecule has 5 nitrogen and oxygen atoms in total. The molecule has 0 aliphatic rings. The van der Waals surface area contributed by atoms with E-state index in [0.717, 1.165) is 6.42 Å². The first-order chi connectivity index (χ1) is 8.41. The number of para-hydroxylation sites is 1. The van der Waals surface area contributed by atoms with E-state index in [1.54, 1.807) is 24.5 Å². The van der Waals surface area contributed by atoms with Gasteiger partial charge >= 0.3 is 0 Å². The van der Waals surface area contributed by atoms with Crippen LogP contribution in [-0.2, 0) is 10.8 Å². The van der Waals surface area contributed by atoms with Crippen LogP contribution in [0.4, 0.5) is 11.4 Å². The quantitative estimate of drug-likeness (QED) is 0.669. The van der Waals surface area contributed by atoms with Crippen molar-refractivity contribution in [3.8, 4) is 0 Å². The Balaban J connectivity index is 2.75. The van der Waals surface area contributed by atoms with Crippen molar-refractivity contribution in [2.75, 3.05) is 23.1 Å². The zero-order valence-corrected chi connectivity index (χ0v) is 11.4. The number of primary amides is 1. The third-order valence-corrected chi connectivity index (χ3v) is 3.42. The Morgan fingerprint density at radius 3 is 2.72 bits per heavy atom. The van der Waals surface area contributed by atoms with Crippen LogP contribution in [-0.4, -0.2) is 28.2 Å². The first-order valence-corrected chi connectivity index (χ1v) is 7.39. The topological polar surface area (TPSA) is 98.2 Å². The molecule has 100 valence electrons. The Hall–Kier alpha value is -1.56. The van der Waals surface area contributed by atoms with Gasteiger partial charge < -0.3 is 16.8 Å². The maximum atomic E-state index is 11.1. The lowest BCUT2D eigenvalue weighted by atomic mass is 10.1. The largest absolute Gasteiger partial charge is 0.396 e. The van der Waals surface area contributed by atoms with Crippen molar-refractivity contribution in [1.82, 2.24) is 0 Å². The lowest BCUT2D eigenvalue weighted by molar-refractivity contribution is 0.100. The summed E-state index contributed by atoms with van der Waals surface area (Å²) in [5.74, 6) is 0.0855. The summed E-state index contributed by atoms with van der Waals surface area (Å²) in [6.07, 6.45) is 2.44. The number of carbonyl (C=O) groups is 1. The fourth-order valence-corrected chi connectivity index (χ4v) is 2.27. The summed E-state index contributed by atoms with van der Waals surface area (Å²) in [6.45, 7) is 1.98. The zero-order valence-electron chi connectivity index (χ0n) is 10.6. The standard InChI is InChI=1S/C12H19N3O2S/c1-8(6-7-18(2)17)15-10-5-3-4-9(11(10)13)12(14)16/h3-5,8,15H,6-7,13H2,1-2H3,(H2,14,16). The molecular formula is C12H19N3O2S. The summed E-state index contributed by atoms with van der Waals surface area (Å²) in [5, 5.41) is 3.19. The SMILES string of the molecule is CC(CCS(C)=O)Nc1cccc(C(N)=O)c1N. The zero-order chi connectivity index (χ0) is 13.7. The van der Waals surface area contributed by atoms with Gasteiger partial charge in [-0.1, -0.05) is 6.07 Å². The molecule has 1 amide bonds. The highest BCUT2D eigenvalue weighted by Crippen LogP contribution is 2.23. The molecule has 0 bridgehead atoms. The molecule has 0 spiro atoms. The molecule has 0 radical (unpaired) electrons. The van der Waals surface area contributed by atoms with E-state index >= 15 is 0 Å². The molecule has 0 saturated heterocycles. The predicted molar refractivity (Wildman–Crippen MR) is 76.0 cm³/mol. The van der Waals surface area contributed by atoms with Gasteiger partial charge in [-0.25, -0.2) is 0 Å². The number of nitrogens with one attached hydrogen (secondary N) is 1. The minimum absolute atomic E-state index is 0.124. The molecule has 0 aliphatic heterocycles. The van der Waals surface area contributed by atoms with Crippen LogP contribution in [0, 0.1) is 0 Å². The van der Waals surface area contributed by atoms with E-state index in [9.17, 15) is 9.00 Å². The summed E-state index contributed by atoms with van der Waals surface area (Å²) >= 11 is 0. The average molecular weight is 269 g/mol. The maximum Gasteiger partial charge on any atom is 0.250 e. The van der Waals surface area contributed by atoms with Crippen LogP contribution in [0.25, 0.3) is 0 Å². The lowest BCUT2D eigenvalue weighted by Crippen LogP contribution is -2.20. The summed E-state index contributed by atoms with van der Waals surface area (Å²) in [7, 11) is -0.807. The second kappa shape index (κ2) is 6.39. The first kappa shape index (κ1) is 14.5. The molecule has 1 aromatic carbocycles. The molecule has 0 fully saturated rings. The smallest absolute Gasteiger partial charge is 0.250 e. The third-order valence-electron chi connectivity index (χ3n) is 2.61. The van der Waals surface area contributed by atoms with E-state index in [0.29, 0.717) is 22.7 Å². The molecule has 2 unspecified atom stereocenters. The molecule has 1 rings (SSSR count). The van der Waals surface area contributed by atoms with Gasteiger partial charge in [0.05, 0.1) is 16.9 Å². The Kier molecular flexibility index (Phi) is 5.15. The number of amides is 1. The number of carbonyl (C=O) groups excluding carboxylic acids is 1. The monoisotopic (exact) mass is 269 g/mol. The van der Waals surface area contributed by atoms with Crippen LogP contribution < -0.4 is 16.8 Å². The number of hydrogen-bond acceptors (Lipinski definition) is 4. The number of benzene rings is 1. The van der Waals surface area contributed by atoms with Crippen molar-refractivity contribution in [2.24, 2.45) is 5.73 Å². The second-order valence-corrected chi connectivity index (χ2v) is 5.80. The molecule has 2 atom stereocenters. The Morgan fingerprint density at radius 2 is 2.17 bits per heavy atom. The summed E-state index contributed by atoms with van der Waals surface area (Å²) < 4.78 is 11.0. The minimum Gasteiger partial charge on any atom is -0.396 e. The molecule has 0 heterocycles. The van der Waals surface area contributed by atoms with Gasteiger partial charge in [-0.3, -0.25) is 9.00 Å². The maximum absolute atomic E-state index is 11.1. The van der Waals surface area contributed by atoms with Crippen molar-refractivity contribution in [1.29, 1.82) is 0 Å². The fourth-order valence-electron chi connectivity index (χ4n) is 1.59. The van der Waals surface area contributed by atoms with Crippen molar-refractivity contribution >= 4 is 28.1 Å². The van der Waals surface area contributed by atoms with E-state index in [1.807, 2.05) is 6.92 Å². The van der Waals surface area contributed by atoms with Crippen molar-refractivity contribution in [3.05, 3.63) is 23.8 Å². The molecule has 5 N–H and O–H groups in total. The van der Waals surface area contributed by atoms with E-state index in [-0.39, 0.29) is 6.04 Å². The minimum atomic E-state index is -0.807. The third kappa shape index (κ3) is 4.03. The number of nitrogen functional groups attached to an aromatic ring is 1. The normalized spacial score (nSPS) is 13.9. The number of hydrogen-bond donors (Lipinski definition) is 3. The highest BCUT2D eigenvalue weighted by Gasteiger charge is 2.11. The second-order valence-electron chi connectivity index (χ2n) is 4.24. The van der Waals surface area contributed by atoms with Gasteiger partial charge in [-0.2, -0.15) is 0 Å². The number of nitrogens with two attached hydrogens (primary N) is 2. The Morgan fingerprint density at radius 1 is 1.50 bits per heavy atom. The van der Waals surface area contributed by atoms with E-state index in [1.165, 1.54) is 0 Å². The molecule has 18 heavy (non-hydrogen) atoms. The summed E-state index contributed by atoms with van der Waals surface area (Å²) in [5.41, 5.74) is 12.4. The molecular weight excluding hydrogens is 250 g/mol. The number of anilines is 2. The molecule has 0 saturated carbocycles. The van der Waals surface area contributed by atoms with Gasteiger partial charge in [0.1, 0.15) is 0 Å². The van der Waals surface area contributed by atoms with Gasteiger partial charge in [0, 0.05) is 28.9 Å². The van der Waals surface area contributed by atoms with E-state index in [2.05, 4.69) is 5.32 Å². The van der Waals surface area contributed by atoms with Gasteiger partial charge in [0.2, 0.25) is 0 Å². The van der Waals surface area contributed by atoms with Gasteiger partial charge in [0.25, 0.3) is 5.91 Å².